The van der Waals surface area contributed by atoms with Crippen LogP contribution in [0.15, 0.2) is 23.3 Å². The summed E-state index contributed by atoms with van der Waals surface area (Å²) in [5.74, 6) is 0.139. The zero-order chi connectivity index (χ0) is 18.9. The molecule has 3 aliphatic heterocycles. The van der Waals surface area contributed by atoms with Crippen molar-refractivity contribution >= 4 is 5.97 Å². The lowest BCUT2D eigenvalue weighted by Gasteiger charge is -2.47. The number of hydrogen-bond donors (Lipinski definition) is 0. The Balaban J connectivity index is 1.91. The number of hydrogen-bond acceptors (Lipinski definition) is 4. The minimum absolute atomic E-state index is 0.0174. The molecule has 0 radical (unpaired) electrons. The average molecular weight is 363 g/mol. The molecule has 4 heteroatoms. The third kappa shape index (κ3) is 4.40. The second-order valence-corrected chi connectivity index (χ2v) is 8.88. The molecule has 0 N–H and O–H groups in total. The summed E-state index contributed by atoms with van der Waals surface area (Å²) in [5.41, 5.74) is 2.21. The molecule has 0 aromatic rings. The van der Waals surface area contributed by atoms with E-state index in [4.69, 9.17) is 14.2 Å². The van der Waals surface area contributed by atoms with Gasteiger partial charge >= 0.3 is 5.97 Å². The molecule has 0 spiro atoms. The second kappa shape index (κ2) is 7.47. The standard InChI is InChI=1S/C22H34O4/c1-15-7-6-8-16(2)13-19-18(22(5)14-24-22)11-12-21(4,26-19)20(10-9-15)25-17(3)23/h7,13,18-20H,6,8-12,14H2,1-5H3/b15-7+,16-13-/t18-,19+,20-,21+,22+/m0/s1. The topological polar surface area (TPSA) is 48.1 Å². The highest BCUT2D eigenvalue weighted by atomic mass is 16.6. The lowest BCUT2D eigenvalue weighted by atomic mass is 9.76. The zero-order valence-corrected chi connectivity index (χ0v) is 17.0. The Morgan fingerprint density at radius 2 is 1.88 bits per heavy atom. The van der Waals surface area contributed by atoms with Crippen LogP contribution in [0.5, 0.6) is 0 Å². The van der Waals surface area contributed by atoms with Crippen molar-refractivity contribution in [2.24, 2.45) is 5.92 Å². The highest BCUT2D eigenvalue weighted by molar-refractivity contribution is 5.66. The van der Waals surface area contributed by atoms with Crippen molar-refractivity contribution in [3.8, 4) is 0 Å². The SMILES string of the molecule is CC(=O)O[C@H]1CC/C(C)=C/CC/C(C)=C\[C@H]2O[C@]1(C)CC[C@@H]2[C@@]1(C)CO1. The van der Waals surface area contributed by atoms with Gasteiger partial charge in [-0.1, -0.05) is 23.3 Å². The Hall–Kier alpha value is -1.13. The van der Waals surface area contributed by atoms with Crippen molar-refractivity contribution in [2.45, 2.75) is 96.6 Å². The Labute approximate surface area is 158 Å². The summed E-state index contributed by atoms with van der Waals surface area (Å²) in [5, 5.41) is 0. The average Bonchev–Trinajstić information content (AvgIpc) is 3.28. The molecule has 0 saturated carbocycles. The third-order valence-electron chi connectivity index (χ3n) is 6.41. The zero-order valence-electron chi connectivity index (χ0n) is 17.0. The van der Waals surface area contributed by atoms with Crippen LogP contribution in [0.3, 0.4) is 0 Å². The third-order valence-corrected chi connectivity index (χ3v) is 6.41. The van der Waals surface area contributed by atoms with E-state index in [1.54, 1.807) is 0 Å². The van der Waals surface area contributed by atoms with E-state index in [1.807, 2.05) is 0 Å². The molecule has 5 atom stereocenters. The van der Waals surface area contributed by atoms with Gasteiger partial charge in [0, 0.05) is 12.8 Å². The maximum absolute atomic E-state index is 11.7. The van der Waals surface area contributed by atoms with Crippen LogP contribution in [0.1, 0.15) is 73.1 Å². The van der Waals surface area contributed by atoms with Gasteiger partial charge in [-0.2, -0.15) is 0 Å². The molecular formula is C22H34O4. The van der Waals surface area contributed by atoms with E-state index < -0.39 is 5.60 Å². The van der Waals surface area contributed by atoms with Crippen LogP contribution < -0.4 is 0 Å². The van der Waals surface area contributed by atoms with E-state index >= 15 is 0 Å². The molecule has 3 rings (SSSR count). The molecule has 3 heterocycles. The number of epoxide rings is 1. The fraction of sp³-hybridized carbons (Fsp3) is 0.773. The van der Waals surface area contributed by atoms with Gasteiger partial charge in [0.25, 0.3) is 0 Å². The molecule has 0 aromatic carbocycles. The second-order valence-electron chi connectivity index (χ2n) is 8.88. The number of carbonyl (C=O) groups excluding carboxylic acids is 1. The van der Waals surface area contributed by atoms with Crippen molar-refractivity contribution in [3.05, 3.63) is 23.3 Å². The Morgan fingerprint density at radius 1 is 1.15 bits per heavy atom. The molecular weight excluding hydrogens is 328 g/mol. The summed E-state index contributed by atoms with van der Waals surface area (Å²) in [4.78, 5) is 11.7. The molecule has 146 valence electrons. The van der Waals surface area contributed by atoms with E-state index in [1.165, 1.54) is 18.1 Å². The summed E-state index contributed by atoms with van der Waals surface area (Å²) < 4.78 is 18.2. The van der Waals surface area contributed by atoms with Crippen molar-refractivity contribution in [1.82, 2.24) is 0 Å². The fourth-order valence-electron chi connectivity index (χ4n) is 4.49. The predicted octanol–water partition coefficient (Wildman–Crippen LogP) is 4.73. The predicted molar refractivity (Wildman–Crippen MR) is 102 cm³/mol. The first kappa shape index (κ1) is 19.6. The normalized spacial score (nSPS) is 45.2. The maximum Gasteiger partial charge on any atom is 0.303 e. The molecule has 0 aliphatic carbocycles. The Bertz CT molecular complexity index is 601. The van der Waals surface area contributed by atoms with Crippen LogP contribution in [-0.4, -0.2) is 36.0 Å². The first-order chi connectivity index (χ1) is 12.2. The molecule has 0 unspecified atom stereocenters. The summed E-state index contributed by atoms with van der Waals surface area (Å²) in [6, 6.07) is 0. The van der Waals surface area contributed by atoms with Crippen LogP contribution >= 0.6 is 0 Å². The van der Waals surface area contributed by atoms with Crippen LogP contribution in [0, 0.1) is 5.92 Å². The summed E-state index contributed by atoms with van der Waals surface area (Å²) in [7, 11) is 0. The van der Waals surface area contributed by atoms with E-state index in [2.05, 4.69) is 39.8 Å². The molecule has 2 saturated heterocycles. The van der Waals surface area contributed by atoms with Crippen LogP contribution in [-0.2, 0) is 19.0 Å². The van der Waals surface area contributed by atoms with E-state index in [9.17, 15) is 4.79 Å². The number of fused-ring (bicyclic) bond motifs is 2. The summed E-state index contributed by atoms with van der Waals surface area (Å²) in [6.45, 7) is 11.0. The molecule has 2 bridgehead atoms. The first-order valence-corrected chi connectivity index (χ1v) is 10.0. The summed E-state index contributed by atoms with van der Waals surface area (Å²) in [6.07, 6.45) is 10.2. The van der Waals surface area contributed by atoms with Gasteiger partial charge in [0.05, 0.1) is 18.3 Å². The molecule has 3 aliphatic rings. The quantitative estimate of drug-likeness (QED) is 0.405. The summed E-state index contributed by atoms with van der Waals surface area (Å²) >= 11 is 0. The Morgan fingerprint density at radius 3 is 2.54 bits per heavy atom. The van der Waals surface area contributed by atoms with Crippen molar-refractivity contribution < 1.29 is 19.0 Å². The van der Waals surface area contributed by atoms with Gasteiger partial charge in [0.15, 0.2) is 0 Å². The monoisotopic (exact) mass is 362 g/mol. The van der Waals surface area contributed by atoms with Crippen molar-refractivity contribution in [2.75, 3.05) is 6.61 Å². The molecule has 2 fully saturated rings. The minimum atomic E-state index is -0.450. The van der Waals surface area contributed by atoms with Gasteiger partial charge < -0.3 is 14.2 Å². The van der Waals surface area contributed by atoms with E-state index in [-0.39, 0.29) is 23.8 Å². The smallest absolute Gasteiger partial charge is 0.303 e. The minimum Gasteiger partial charge on any atom is -0.459 e. The van der Waals surface area contributed by atoms with Crippen LogP contribution in [0.25, 0.3) is 0 Å². The lowest BCUT2D eigenvalue weighted by Crippen LogP contribution is -2.53. The van der Waals surface area contributed by atoms with Gasteiger partial charge in [-0.05, 0) is 66.2 Å². The molecule has 0 aromatic heterocycles. The Kier molecular flexibility index (Phi) is 5.64. The number of allylic oxidation sites excluding steroid dienone is 3. The highest BCUT2D eigenvalue weighted by Crippen LogP contribution is 2.48. The molecule has 0 amide bonds. The lowest BCUT2D eigenvalue weighted by molar-refractivity contribution is -0.202. The largest absolute Gasteiger partial charge is 0.459 e. The molecule has 26 heavy (non-hydrogen) atoms. The number of esters is 1. The number of rotatable bonds is 2. The maximum atomic E-state index is 11.7. The van der Waals surface area contributed by atoms with Gasteiger partial charge in [0.2, 0.25) is 0 Å². The van der Waals surface area contributed by atoms with Crippen molar-refractivity contribution in [1.29, 1.82) is 0 Å². The van der Waals surface area contributed by atoms with Crippen LogP contribution in [0.4, 0.5) is 0 Å². The number of carbonyl (C=O) groups is 1. The van der Waals surface area contributed by atoms with Gasteiger partial charge in [-0.3, -0.25) is 4.79 Å². The van der Waals surface area contributed by atoms with Gasteiger partial charge in [-0.15, -0.1) is 0 Å². The molecule has 4 nitrogen and oxygen atoms in total. The van der Waals surface area contributed by atoms with Crippen molar-refractivity contribution in [3.63, 3.8) is 0 Å². The van der Waals surface area contributed by atoms with E-state index in [0.717, 1.165) is 45.1 Å². The van der Waals surface area contributed by atoms with Gasteiger partial charge in [0.1, 0.15) is 11.7 Å². The van der Waals surface area contributed by atoms with Gasteiger partial charge in [-0.25, -0.2) is 0 Å². The highest BCUT2D eigenvalue weighted by Gasteiger charge is 2.55. The fourth-order valence-corrected chi connectivity index (χ4v) is 4.49. The van der Waals surface area contributed by atoms with E-state index in [0.29, 0.717) is 5.92 Å². The number of ether oxygens (including phenoxy) is 3. The first-order valence-electron chi connectivity index (χ1n) is 10.0. The van der Waals surface area contributed by atoms with Crippen LogP contribution in [0.2, 0.25) is 0 Å².